The average molecular weight is 282 g/mol. The zero-order chi connectivity index (χ0) is 14.8. The summed E-state index contributed by atoms with van der Waals surface area (Å²) >= 11 is 0. The van der Waals surface area contributed by atoms with Crippen LogP contribution in [-0.4, -0.2) is 61.6 Å². The molecule has 0 saturated carbocycles. The van der Waals surface area contributed by atoms with Crippen molar-refractivity contribution in [3.05, 3.63) is 0 Å². The van der Waals surface area contributed by atoms with E-state index in [1.54, 1.807) is 0 Å². The Morgan fingerprint density at radius 3 is 2.70 bits per heavy atom. The predicted octanol–water partition coefficient (Wildman–Crippen LogP) is 2.42. The van der Waals surface area contributed by atoms with E-state index in [0.717, 1.165) is 51.1 Å². The molecule has 0 radical (unpaired) electrons. The van der Waals surface area contributed by atoms with Gasteiger partial charge in [0.2, 0.25) is 0 Å². The van der Waals surface area contributed by atoms with E-state index in [9.17, 15) is 0 Å². The molecule has 1 unspecified atom stereocenters. The molecule has 1 aliphatic rings. The molecule has 0 aromatic carbocycles. The molecule has 0 aliphatic carbocycles. The van der Waals surface area contributed by atoms with Crippen molar-refractivity contribution in [2.24, 2.45) is 10.9 Å². The smallest absolute Gasteiger partial charge is 0.193 e. The molecular formula is C16H34N4. The molecule has 1 rings (SSSR count). The summed E-state index contributed by atoms with van der Waals surface area (Å²) in [5.41, 5.74) is 0. The highest BCUT2D eigenvalue weighted by Gasteiger charge is 2.18. The molecule has 118 valence electrons. The van der Waals surface area contributed by atoms with E-state index in [1.807, 2.05) is 0 Å². The molecular weight excluding hydrogens is 248 g/mol. The maximum Gasteiger partial charge on any atom is 0.193 e. The number of rotatable bonds is 7. The number of nitrogens with one attached hydrogen (secondary N) is 1. The molecule has 4 heteroatoms. The van der Waals surface area contributed by atoms with Crippen molar-refractivity contribution in [1.29, 1.82) is 0 Å². The second-order valence-electron chi connectivity index (χ2n) is 5.86. The summed E-state index contributed by atoms with van der Waals surface area (Å²) in [4.78, 5) is 9.75. The number of likely N-dealkylation sites (N-methyl/N-ethyl adjacent to an activating group) is 1. The number of hydrogen-bond donors (Lipinski definition) is 1. The standard InChI is InChI=1S/C16H34N4/c1-5-11-19(7-3)13-10-18-16(17-6-2)20-12-8-9-15(4)14-20/h15H,5-14H2,1-4H3,(H,17,18). The van der Waals surface area contributed by atoms with E-state index < -0.39 is 0 Å². The van der Waals surface area contributed by atoms with E-state index in [4.69, 9.17) is 4.99 Å². The minimum Gasteiger partial charge on any atom is -0.357 e. The van der Waals surface area contributed by atoms with Crippen LogP contribution in [0.2, 0.25) is 0 Å². The molecule has 4 nitrogen and oxygen atoms in total. The van der Waals surface area contributed by atoms with Gasteiger partial charge in [0.05, 0.1) is 6.54 Å². The molecule has 0 bridgehead atoms. The van der Waals surface area contributed by atoms with Gasteiger partial charge >= 0.3 is 0 Å². The van der Waals surface area contributed by atoms with E-state index in [2.05, 4.69) is 42.8 Å². The Morgan fingerprint density at radius 1 is 1.30 bits per heavy atom. The number of nitrogens with zero attached hydrogens (tertiary/aromatic N) is 3. The summed E-state index contributed by atoms with van der Waals surface area (Å²) in [6.07, 6.45) is 3.87. The van der Waals surface area contributed by atoms with Crippen LogP contribution in [0.1, 0.15) is 47.0 Å². The molecule has 1 aliphatic heterocycles. The number of guanidine groups is 1. The van der Waals surface area contributed by atoms with Gasteiger partial charge in [-0.3, -0.25) is 4.99 Å². The summed E-state index contributed by atoms with van der Waals surface area (Å²) in [5.74, 6) is 1.91. The number of piperidine rings is 1. The van der Waals surface area contributed by atoms with Crippen molar-refractivity contribution >= 4 is 5.96 Å². The highest BCUT2D eigenvalue weighted by Crippen LogP contribution is 2.15. The van der Waals surface area contributed by atoms with Crippen LogP contribution in [0.5, 0.6) is 0 Å². The highest BCUT2D eigenvalue weighted by molar-refractivity contribution is 5.80. The summed E-state index contributed by atoms with van der Waals surface area (Å²) in [5, 5.41) is 3.45. The van der Waals surface area contributed by atoms with Crippen LogP contribution in [0.3, 0.4) is 0 Å². The van der Waals surface area contributed by atoms with Gasteiger partial charge in [-0.25, -0.2) is 0 Å². The molecule has 0 spiro atoms. The van der Waals surface area contributed by atoms with Crippen LogP contribution in [0, 0.1) is 5.92 Å². The Morgan fingerprint density at radius 2 is 2.10 bits per heavy atom. The molecule has 1 fully saturated rings. The second kappa shape index (κ2) is 10.0. The third kappa shape index (κ3) is 6.12. The molecule has 20 heavy (non-hydrogen) atoms. The monoisotopic (exact) mass is 282 g/mol. The molecule has 1 saturated heterocycles. The largest absolute Gasteiger partial charge is 0.357 e. The SMILES string of the molecule is CCCN(CC)CCN=C(NCC)N1CCCC(C)C1. The van der Waals surface area contributed by atoms with Crippen LogP contribution in [0.4, 0.5) is 0 Å². The fourth-order valence-corrected chi connectivity index (χ4v) is 2.85. The van der Waals surface area contributed by atoms with E-state index in [-0.39, 0.29) is 0 Å². The van der Waals surface area contributed by atoms with Crippen LogP contribution >= 0.6 is 0 Å². The molecule has 1 N–H and O–H groups in total. The van der Waals surface area contributed by atoms with Crippen molar-refractivity contribution in [3.8, 4) is 0 Å². The van der Waals surface area contributed by atoms with Gasteiger partial charge in [-0.1, -0.05) is 20.8 Å². The van der Waals surface area contributed by atoms with Crippen LogP contribution < -0.4 is 5.32 Å². The van der Waals surface area contributed by atoms with Gasteiger partial charge in [-0.15, -0.1) is 0 Å². The average Bonchev–Trinajstić information content (AvgIpc) is 2.45. The first-order valence-corrected chi connectivity index (χ1v) is 8.46. The zero-order valence-electron chi connectivity index (χ0n) is 14.0. The van der Waals surface area contributed by atoms with Gasteiger partial charge in [-0.05, 0) is 45.2 Å². The van der Waals surface area contributed by atoms with Gasteiger partial charge < -0.3 is 15.1 Å². The van der Waals surface area contributed by atoms with Crippen molar-refractivity contribution in [2.45, 2.75) is 47.0 Å². The summed E-state index contributed by atoms with van der Waals surface area (Å²) < 4.78 is 0. The summed E-state index contributed by atoms with van der Waals surface area (Å²) in [6.45, 7) is 16.5. The van der Waals surface area contributed by atoms with E-state index in [0.29, 0.717) is 0 Å². The lowest BCUT2D eigenvalue weighted by Gasteiger charge is -2.33. The Hall–Kier alpha value is -0.770. The van der Waals surface area contributed by atoms with Crippen molar-refractivity contribution in [3.63, 3.8) is 0 Å². The van der Waals surface area contributed by atoms with Crippen molar-refractivity contribution < 1.29 is 0 Å². The highest BCUT2D eigenvalue weighted by atomic mass is 15.3. The van der Waals surface area contributed by atoms with Gasteiger partial charge in [0.15, 0.2) is 5.96 Å². The quantitative estimate of drug-likeness (QED) is 0.575. The second-order valence-corrected chi connectivity index (χ2v) is 5.86. The molecule has 0 amide bonds. The zero-order valence-corrected chi connectivity index (χ0v) is 14.0. The molecule has 1 atom stereocenters. The van der Waals surface area contributed by atoms with Gasteiger partial charge in [0.1, 0.15) is 0 Å². The summed E-state index contributed by atoms with van der Waals surface area (Å²) in [7, 11) is 0. The van der Waals surface area contributed by atoms with Gasteiger partial charge in [0, 0.05) is 26.2 Å². The number of likely N-dealkylation sites (tertiary alicyclic amines) is 1. The Balaban J connectivity index is 2.49. The topological polar surface area (TPSA) is 30.9 Å². The maximum atomic E-state index is 4.83. The lowest BCUT2D eigenvalue weighted by molar-refractivity contribution is 0.264. The predicted molar refractivity (Wildman–Crippen MR) is 88.4 cm³/mol. The third-order valence-corrected chi connectivity index (χ3v) is 3.96. The number of hydrogen-bond acceptors (Lipinski definition) is 2. The Bertz CT molecular complexity index is 278. The van der Waals surface area contributed by atoms with Crippen molar-refractivity contribution in [1.82, 2.24) is 15.1 Å². The first kappa shape index (κ1) is 17.3. The van der Waals surface area contributed by atoms with Gasteiger partial charge in [0.25, 0.3) is 0 Å². The molecule has 0 aromatic rings. The molecule has 1 heterocycles. The van der Waals surface area contributed by atoms with Crippen LogP contribution in [-0.2, 0) is 0 Å². The first-order valence-electron chi connectivity index (χ1n) is 8.46. The van der Waals surface area contributed by atoms with E-state index in [1.165, 1.54) is 25.8 Å². The van der Waals surface area contributed by atoms with Crippen LogP contribution in [0.15, 0.2) is 4.99 Å². The number of aliphatic imine (C=N–C) groups is 1. The Labute approximate surface area is 125 Å². The van der Waals surface area contributed by atoms with E-state index >= 15 is 0 Å². The lowest BCUT2D eigenvalue weighted by Crippen LogP contribution is -2.46. The Kier molecular flexibility index (Phi) is 8.67. The maximum absolute atomic E-state index is 4.83. The van der Waals surface area contributed by atoms with Crippen LogP contribution in [0.25, 0.3) is 0 Å². The summed E-state index contributed by atoms with van der Waals surface area (Å²) in [6, 6.07) is 0. The molecule has 0 aromatic heterocycles. The fourth-order valence-electron chi connectivity index (χ4n) is 2.85. The minimum absolute atomic E-state index is 0.792. The lowest BCUT2D eigenvalue weighted by atomic mass is 10.0. The third-order valence-electron chi connectivity index (χ3n) is 3.96. The normalized spacial score (nSPS) is 20.6. The first-order chi connectivity index (χ1) is 9.71. The van der Waals surface area contributed by atoms with Gasteiger partial charge in [-0.2, -0.15) is 0 Å². The van der Waals surface area contributed by atoms with Crippen molar-refractivity contribution in [2.75, 3.05) is 45.8 Å². The minimum atomic E-state index is 0.792. The fraction of sp³-hybridized carbons (Fsp3) is 0.938.